The Morgan fingerprint density at radius 3 is 1.82 bits per heavy atom. The fourth-order valence-corrected chi connectivity index (χ4v) is 4.01. The van der Waals surface area contributed by atoms with Crippen LogP contribution in [0.4, 0.5) is 0 Å². The minimum absolute atomic E-state index is 0.00297. The molecule has 2 heterocycles. The predicted octanol–water partition coefficient (Wildman–Crippen LogP) is -5.02. The Bertz CT molecular complexity index is 792. The highest BCUT2D eigenvalue weighted by Crippen LogP contribution is 2.22. The van der Waals surface area contributed by atoms with Gasteiger partial charge < -0.3 is 60.4 Å². The summed E-state index contributed by atoms with van der Waals surface area (Å²) in [6, 6.07) is 0. The van der Waals surface area contributed by atoms with Crippen molar-refractivity contribution in [3.63, 3.8) is 0 Å². The van der Waals surface area contributed by atoms with Gasteiger partial charge in [0.05, 0.1) is 51.2 Å². The average molecular weight is 567 g/mol. The van der Waals surface area contributed by atoms with E-state index in [2.05, 4.69) is 16.0 Å². The molecule has 2 rings (SSSR count). The molecule has 0 saturated carbocycles. The lowest BCUT2D eigenvalue weighted by Gasteiger charge is -2.38. The number of likely N-dealkylation sites (N-methyl/N-ethyl adjacent to an activating group) is 1. The molecule has 8 N–H and O–H groups in total. The maximum Gasteiger partial charge on any atom is 0.234 e. The molecule has 9 atom stereocenters. The third kappa shape index (κ3) is 10.8. The first-order valence-electron chi connectivity index (χ1n) is 12.8. The van der Waals surface area contributed by atoms with Crippen LogP contribution in [0, 0.1) is 0 Å². The van der Waals surface area contributed by atoms with Gasteiger partial charge in [0, 0.05) is 26.6 Å². The smallest absolute Gasteiger partial charge is 0.234 e. The van der Waals surface area contributed by atoms with Gasteiger partial charge in [-0.05, 0) is 13.8 Å². The Labute approximate surface area is 226 Å². The second-order valence-electron chi connectivity index (χ2n) is 9.55. The summed E-state index contributed by atoms with van der Waals surface area (Å²) < 4.78 is 21.5. The normalized spacial score (nSPS) is 33.0. The fourth-order valence-electron chi connectivity index (χ4n) is 4.01. The van der Waals surface area contributed by atoms with E-state index in [0.29, 0.717) is 0 Å². The van der Waals surface area contributed by atoms with Crippen LogP contribution >= 0.6 is 0 Å². The second-order valence-corrected chi connectivity index (χ2v) is 9.55. The molecule has 0 bridgehead atoms. The molecule has 0 aliphatic carbocycles. The van der Waals surface area contributed by atoms with Gasteiger partial charge >= 0.3 is 0 Å². The Hall–Kier alpha value is -1.99. The number of nitrogens with one attached hydrogen (secondary N) is 3. The van der Waals surface area contributed by atoms with E-state index in [0.717, 1.165) is 0 Å². The van der Waals surface area contributed by atoms with Crippen LogP contribution in [0.25, 0.3) is 0 Å². The number of nitrogens with zero attached hydrogens (tertiary/aromatic N) is 1. The van der Waals surface area contributed by atoms with Crippen molar-refractivity contribution in [3.05, 3.63) is 0 Å². The van der Waals surface area contributed by atoms with Crippen molar-refractivity contribution in [2.24, 2.45) is 0 Å². The van der Waals surface area contributed by atoms with Crippen molar-refractivity contribution >= 4 is 17.7 Å². The lowest BCUT2D eigenvalue weighted by atomic mass is 10.0. The molecule has 16 nitrogen and oxygen atoms in total. The molecule has 0 radical (unpaired) electrons. The van der Waals surface area contributed by atoms with Gasteiger partial charge in [-0.2, -0.15) is 0 Å². The van der Waals surface area contributed by atoms with Crippen molar-refractivity contribution < 1.29 is 58.9 Å². The molecule has 0 aromatic rings. The van der Waals surface area contributed by atoms with Crippen LogP contribution in [0.15, 0.2) is 0 Å². The number of hydrogen-bond donors (Lipinski definition) is 8. The van der Waals surface area contributed by atoms with Gasteiger partial charge in [0.25, 0.3) is 0 Å². The Morgan fingerprint density at radius 2 is 1.28 bits per heavy atom. The van der Waals surface area contributed by atoms with Gasteiger partial charge in [-0.1, -0.05) is 0 Å². The highest BCUT2D eigenvalue weighted by Gasteiger charge is 2.42. The summed E-state index contributed by atoms with van der Waals surface area (Å²) in [4.78, 5) is 37.9. The molecule has 39 heavy (non-hydrogen) atoms. The summed E-state index contributed by atoms with van der Waals surface area (Å²) in [5.41, 5.74) is 0. The zero-order chi connectivity index (χ0) is 29.1. The Morgan fingerprint density at radius 1 is 0.769 bits per heavy atom. The zero-order valence-corrected chi connectivity index (χ0v) is 22.4. The quantitative estimate of drug-likeness (QED) is 0.0922. The number of hydrogen-bond acceptors (Lipinski definition) is 13. The van der Waals surface area contributed by atoms with E-state index in [9.17, 15) is 39.9 Å². The Kier molecular flexibility index (Phi) is 13.9. The van der Waals surface area contributed by atoms with E-state index in [1.807, 2.05) is 0 Å². The molecule has 0 aromatic heterocycles. The van der Waals surface area contributed by atoms with E-state index in [4.69, 9.17) is 18.9 Å². The van der Waals surface area contributed by atoms with Crippen LogP contribution in [-0.4, -0.2) is 156 Å². The first-order valence-corrected chi connectivity index (χ1v) is 12.8. The minimum atomic E-state index is -1.46. The van der Waals surface area contributed by atoms with E-state index in [1.54, 1.807) is 6.92 Å². The van der Waals surface area contributed by atoms with Crippen molar-refractivity contribution in [2.45, 2.75) is 75.6 Å². The lowest BCUT2D eigenvalue weighted by molar-refractivity contribution is -0.292. The number of carbonyl (C=O) groups is 3. The van der Waals surface area contributed by atoms with Crippen LogP contribution in [0.2, 0.25) is 0 Å². The predicted molar refractivity (Wildman–Crippen MR) is 132 cm³/mol. The number of amides is 3. The Balaban J connectivity index is 1.71. The molecule has 2 aliphatic rings. The van der Waals surface area contributed by atoms with Crippen LogP contribution in [0.5, 0.6) is 0 Å². The first-order chi connectivity index (χ1) is 18.4. The van der Waals surface area contributed by atoms with Gasteiger partial charge in [0.1, 0.15) is 24.4 Å². The van der Waals surface area contributed by atoms with Crippen molar-refractivity contribution in [1.29, 1.82) is 0 Å². The number of aliphatic hydroxyl groups excluding tert-OH is 5. The molecular weight excluding hydrogens is 524 g/mol. The third-order valence-electron chi connectivity index (χ3n) is 6.21. The molecule has 2 fully saturated rings. The van der Waals surface area contributed by atoms with Crippen molar-refractivity contribution in [3.8, 4) is 0 Å². The van der Waals surface area contributed by atoms with E-state index in [1.165, 1.54) is 18.9 Å². The van der Waals surface area contributed by atoms with E-state index < -0.39 is 66.9 Å². The summed E-state index contributed by atoms with van der Waals surface area (Å²) in [7, 11) is 1.42. The minimum Gasteiger partial charge on any atom is -0.390 e. The summed E-state index contributed by atoms with van der Waals surface area (Å²) in [5.74, 6) is -1.38. The van der Waals surface area contributed by atoms with Crippen LogP contribution in [-0.2, 0) is 33.3 Å². The number of aliphatic hydroxyl groups is 5. The van der Waals surface area contributed by atoms with E-state index in [-0.39, 0.29) is 58.5 Å². The molecule has 226 valence electrons. The van der Waals surface area contributed by atoms with Gasteiger partial charge in [-0.15, -0.1) is 0 Å². The standard InChI is InChI=1S/C23H42N4O12/c1-12-8-14(28)19(33)22(38-12)36-6-4-25-16(30)10-27(9-15(29)24-3)11-17(31)26-5-7-37-23-21(35)20(34)18(32)13(2)39-23/h12-14,18-23,28,32-35H,4-11H2,1-3H3,(H,24,29)(H,25,30)(H,26,31)/t12-,13-,14+,18+,19-,20+,21-,22+,23+/m0/s1. The maximum absolute atomic E-state index is 12.4. The van der Waals surface area contributed by atoms with Gasteiger partial charge in [-0.3, -0.25) is 19.3 Å². The summed E-state index contributed by atoms with van der Waals surface area (Å²) in [6.07, 6.45) is -9.31. The largest absolute Gasteiger partial charge is 0.390 e. The zero-order valence-electron chi connectivity index (χ0n) is 22.4. The SMILES string of the molecule is CNC(=O)CN(CC(=O)NCCO[C@@H]1O[C@@H](C)[C@@H](O)[C@@H](O)[C@@H]1O)CC(=O)NCCO[C@@H]1O[C@@H](C)C[C@@H](O)[C@@H]1O. The molecule has 2 aliphatic heterocycles. The summed E-state index contributed by atoms with van der Waals surface area (Å²) in [6.45, 7) is 2.49. The molecule has 2 saturated heterocycles. The highest BCUT2D eigenvalue weighted by atomic mass is 16.7. The molecule has 0 aromatic carbocycles. The van der Waals surface area contributed by atoms with Crippen molar-refractivity contribution in [2.75, 3.05) is 53.0 Å². The number of rotatable bonds is 14. The van der Waals surface area contributed by atoms with Gasteiger partial charge in [0.15, 0.2) is 12.6 Å². The fraction of sp³-hybridized carbons (Fsp3) is 0.870. The van der Waals surface area contributed by atoms with E-state index >= 15 is 0 Å². The molecule has 0 unspecified atom stereocenters. The molecule has 3 amide bonds. The summed E-state index contributed by atoms with van der Waals surface area (Å²) in [5, 5.41) is 56.8. The van der Waals surface area contributed by atoms with Crippen LogP contribution < -0.4 is 16.0 Å². The third-order valence-corrected chi connectivity index (χ3v) is 6.21. The second kappa shape index (κ2) is 16.3. The highest BCUT2D eigenvalue weighted by molar-refractivity contribution is 5.83. The lowest BCUT2D eigenvalue weighted by Crippen LogP contribution is -2.57. The number of carbonyl (C=O) groups excluding carboxylic acids is 3. The monoisotopic (exact) mass is 566 g/mol. The average Bonchev–Trinajstić information content (AvgIpc) is 2.88. The summed E-state index contributed by atoms with van der Waals surface area (Å²) >= 11 is 0. The van der Waals surface area contributed by atoms with Gasteiger partial charge in [-0.25, -0.2) is 0 Å². The molecule has 0 spiro atoms. The van der Waals surface area contributed by atoms with Crippen LogP contribution in [0.3, 0.4) is 0 Å². The van der Waals surface area contributed by atoms with Crippen LogP contribution in [0.1, 0.15) is 20.3 Å². The maximum atomic E-state index is 12.4. The number of ether oxygens (including phenoxy) is 4. The molecular formula is C23H42N4O12. The topological polar surface area (TPSA) is 229 Å². The van der Waals surface area contributed by atoms with Gasteiger partial charge in [0.2, 0.25) is 17.7 Å². The van der Waals surface area contributed by atoms with Crippen molar-refractivity contribution in [1.82, 2.24) is 20.9 Å². The molecule has 16 heteroatoms. The first kappa shape index (κ1) is 33.2.